The quantitative estimate of drug-likeness (QED) is 0.764. The summed E-state index contributed by atoms with van der Waals surface area (Å²) in [5.41, 5.74) is 0.324. The van der Waals surface area contributed by atoms with Gasteiger partial charge in [0.25, 0.3) is 0 Å². The molecule has 1 aromatic heterocycles. The molecule has 0 N–H and O–H groups in total. The van der Waals surface area contributed by atoms with Crippen LogP contribution in [0.2, 0.25) is 0 Å². The van der Waals surface area contributed by atoms with Gasteiger partial charge in [-0.15, -0.1) is 4.91 Å². The summed E-state index contributed by atoms with van der Waals surface area (Å²) in [5, 5.41) is 3.22. The van der Waals surface area contributed by atoms with Gasteiger partial charge in [-0.3, -0.25) is 0 Å². The standard InChI is InChI=1S/C13H19N5O3/c1-10-14-12(17-2-6-20-7-3-17)11(16-19)13(15-10)18-4-8-21-9-5-18/h2-9H2,1H3. The van der Waals surface area contributed by atoms with Crippen LogP contribution in [0, 0.1) is 11.8 Å². The number of nitrogens with zero attached hydrogens (tertiary/aromatic N) is 5. The van der Waals surface area contributed by atoms with Gasteiger partial charge in [-0.1, -0.05) is 0 Å². The number of anilines is 2. The lowest BCUT2D eigenvalue weighted by Gasteiger charge is -2.32. The van der Waals surface area contributed by atoms with Crippen molar-refractivity contribution < 1.29 is 9.47 Å². The van der Waals surface area contributed by atoms with E-state index in [-0.39, 0.29) is 0 Å². The smallest absolute Gasteiger partial charge is 0.192 e. The second kappa shape index (κ2) is 6.31. The Hall–Kier alpha value is -1.80. The van der Waals surface area contributed by atoms with E-state index in [1.165, 1.54) is 0 Å². The lowest BCUT2D eigenvalue weighted by molar-refractivity contribution is 0.122. The predicted octanol–water partition coefficient (Wildman–Crippen LogP) is 0.856. The molecule has 2 fully saturated rings. The predicted molar refractivity (Wildman–Crippen MR) is 78.3 cm³/mol. The third-order valence-corrected chi connectivity index (χ3v) is 3.67. The first kappa shape index (κ1) is 14.2. The van der Waals surface area contributed by atoms with Gasteiger partial charge in [-0.05, 0) is 12.1 Å². The van der Waals surface area contributed by atoms with Gasteiger partial charge in [0.2, 0.25) is 0 Å². The Bertz CT molecular complexity index is 474. The number of ether oxygens (including phenoxy) is 2. The van der Waals surface area contributed by atoms with Crippen molar-refractivity contribution in [3.63, 3.8) is 0 Å². The fourth-order valence-corrected chi connectivity index (χ4v) is 2.61. The van der Waals surface area contributed by atoms with E-state index in [9.17, 15) is 4.91 Å². The molecule has 21 heavy (non-hydrogen) atoms. The van der Waals surface area contributed by atoms with E-state index in [0.717, 1.165) is 0 Å². The zero-order valence-corrected chi connectivity index (χ0v) is 12.1. The molecular formula is C13H19N5O3. The number of hydrogen-bond donors (Lipinski definition) is 0. The van der Waals surface area contributed by atoms with Crippen molar-refractivity contribution in [1.29, 1.82) is 0 Å². The van der Waals surface area contributed by atoms with Crippen LogP contribution in [0.3, 0.4) is 0 Å². The molecule has 3 heterocycles. The molecule has 0 aliphatic carbocycles. The van der Waals surface area contributed by atoms with Crippen LogP contribution in [0.25, 0.3) is 0 Å². The van der Waals surface area contributed by atoms with Crippen molar-refractivity contribution in [2.75, 3.05) is 62.4 Å². The van der Waals surface area contributed by atoms with Gasteiger partial charge in [-0.25, -0.2) is 9.97 Å². The molecule has 2 saturated heterocycles. The minimum absolute atomic E-state index is 0.324. The highest BCUT2D eigenvalue weighted by Gasteiger charge is 2.25. The summed E-state index contributed by atoms with van der Waals surface area (Å²) < 4.78 is 10.7. The molecule has 0 radical (unpaired) electrons. The molecule has 0 spiro atoms. The van der Waals surface area contributed by atoms with E-state index in [2.05, 4.69) is 15.1 Å². The van der Waals surface area contributed by atoms with Crippen molar-refractivity contribution in [3.05, 3.63) is 10.7 Å². The zero-order chi connectivity index (χ0) is 14.7. The van der Waals surface area contributed by atoms with Crippen LogP contribution in [-0.2, 0) is 9.47 Å². The maximum Gasteiger partial charge on any atom is 0.192 e. The molecule has 3 rings (SSSR count). The van der Waals surface area contributed by atoms with E-state index < -0.39 is 0 Å². The SMILES string of the molecule is Cc1nc(N2CCOCC2)c(N=O)c(N2CCOCC2)n1. The second-order valence-electron chi connectivity index (χ2n) is 5.06. The fourth-order valence-electron chi connectivity index (χ4n) is 2.61. The van der Waals surface area contributed by atoms with Crippen LogP contribution < -0.4 is 9.80 Å². The zero-order valence-electron chi connectivity index (χ0n) is 12.1. The molecule has 114 valence electrons. The minimum atomic E-state index is 0.324. The van der Waals surface area contributed by atoms with Crippen molar-refractivity contribution in [1.82, 2.24) is 9.97 Å². The fraction of sp³-hybridized carbons (Fsp3) is 0.692. The number of rotatable bonds is 3. The van der Waals surface area contributed by atoms with Gasteiger partial charge < -0.3 is 19.3 Å². The van der Waals surface area contributed by atoms with E-state index in [1.54, 1.807) is 0 Å². The molecule has 0 aromatic carbocycles. The molecule has 1 aromatic rings. The van der Waals surface area contributed by atoms with Gasteiger partial charge in [-0.2, -0.15) is 0 Å². The summed E-state index contributed by atoms with van der Waals surface area (Å²) in [7, 11) is 0. The number of hydrogen-bond acceptors (Lipinski definition) is 8. The third kappa shape index (κ3) is 2.96. The molecule has 2 aliphatic heterocycles. The van der Waals surface area contributed by atoms with Crippen LogP contribution in [0.15, 0.2) is 5.18 Å². The van der Waals surface area contributed by atoms with Crippen molar-refractivity contribution >= 4 is 17.3 Å². The van der Waals surface area contributed by atoms with Crippen molar-refractivity contribution in [2.45, 2.75) is 6.92 Å². The van der Waals surface area contributed by atoms with E-state index in [0.29, 0.717) is 75.8 Å². The normalized spacial score (nSPS) is 19.7. The number of morpholine rings is 2. The average molecular weight is 293 g/mol. The van der Waals surface area contributed by atoms with Gasteiger partial charge in [0.15, 0.2) is 17.3 Å². The molecule has 2 aliphatic rings. The molecule has 0 atom stereocenters. The summed E-state index contributed by atoms with van der Waals surface area (Å²) in [6.07, 6.45) is 0. The highest BCUT2D eigenvalue weighted by Crippen LogP contribution is 2.36. The first-order chi connectivity index (χ1) is 10.3. The van der Waals surface area contributed by atoms with Crippen LogP contribution in [-0.4, -0.2) is 62.6 Å². The van der Waals surface area contributed by atoms with Crippen molar-refractivity contribution in [2.24, 2.45) is 5.18 Å². The Kier molecular flexibility index (Phi) is 4.26. The van der Waals surface area contributed by atoms with Crippen molar-refractivity contribution in [3.8, 4) is 0 Å². The number of nitroso groups, excluding NO2 is 1. The highest BCUT2D eigenvalue weighted by molar-refractivity contribution is 5.75. The molecular weight excluding hydrogens is 274 g/mol. The Morgan fingerprint density at radius 1 is 0.905 bits per heavy atom. The maximum absolute atomic E-state index is 11.4. The molecule has 0 saturated carbocycles. The van der Waals surface area contributed by atoms with Gasteiger partial charge in [0, 0.05) is 26.2 Å². The number of aryl methyl sites for hydroxylation is 1. The summed E-state index contributed by atoms with van der Waals surface area (Å²) in [6, 6.07) is 0. The largest absolute Gasteiger partial charge is 0.378 e. The maximum atomic E-state index is 11.4. The lowest BCUT2D eigenvalue weighted by atomic mass is 10.3. The number of aromatic nitrogens is 2. The summed E-state index contributed by atoms with van der Waals surface area (Å²) >= 11 is 0. The minimum Gasteiger partial charge on any atom is -0.378 e. The van der Waals surface area contributed by atoms with Gasteiger partial charge >= 0.3 is 0 Å². The summed E-state index contributed by atoms with van der Waals surface area (Å²) in [5.74, 6) is 1.87. The van der Waals surface area contributed by atoms with E-state index >= 15 is 0 Å². The third-order valence-electron chi connectivity index (χ3n) is 3.67. The highest BCUT2D eigenvalue weighted by atomic mass is 16.5. The second-order valence-corrected chi connectivity index (χ2v) is 5.06. The molecule has 8 nitrogen and oxygen atoms in total. The van der Waals surface area contributed by atoms with Gasteiger partial charge in [0.1, 0.15) is 5.82 Å². The lowest BCUT2D eigenvalue weighted by Crippen LogP contribution is -2.39. The van der Waals surface area contributed by atoms with Crippen LogP contribution in [0.4, 0.5) is 17.3 Å². The van der Waals surface area contributed by atoms with E-state index in [1.807, 2.05) is 16.7 Å². The molecule has 8 heteroatoms. The molecule has 0 amide bonds. The topological polar surface area (TPSA) is 80.2 Å². The Morgan fingerprint density at radius 2 is 1.33 bits per heavy atom. The van der Waals surface area contributed by atoms with Gasteiger partial charge in [0.05, 0.1) is 26.4 Å². The Labute approximate surface area is 123 Å². The van der Waals surface area contributed by atoms with Crippen LogP contribution >= 0.6 is 0 Å². The molecule has 0 unspecified atom stereocenters. The first-order valence-electron chi connectivity index (χ1n) is 7.17. The Balaban J connectivity index is 1.98. The average Bonchev–Trinajstić information content (AvgIpc) is 2.55. The summed E-state index contributed by atoms with van der Waals surface area (Å²) in [6.45, 7) is 7.21. The Morgan fingerprint density at radius 3 is 1.71 bits per heavy atom. The molecule has 0 bridgehead atoms. The van der Waals surface area contributed by atoms with Crippen LogP contribution in [0.1, 0.15) is 5.82 Å². The monoisotopic (exact) mass is 293 g/mol. The van der Waals surface area contributed by atoms with Crippen LogP contribution in [0.5, 0.6) is 0 Å². The summed E-state index contributed by atoms with van der Waals surface area (Å²) in [4.78, 5) is 24.3. The first-order valence-corrected chi connectivity index (χ1v) is 7.17. The van der Waals surface area contributed by atoms with E-state index in [4.69, 9.17) is 9.47 Å².